The number of urea groups is 1. The number of carbonyl (C=O) groups is 2. The van der Waals surface area contributed by atoms with Gasteiger partial charge in [0.2, 0.25) is 0 Å². The van der Waals surface area contributed by atoms with E-state index >= 15 is 0 Å². The lowest BCUT2D eigenvalue weighted by molar-refractivity contribution is -0.153. The van der Waals surface area contributed by atoms with Gasteiger partial charge in [-0.2, -0.15) is 4.98 Å². The number of carboxylic acid groups (broad SMARTS) is 1. The van der Waals surface area contributed by atoms with Crippen LogP contribution in [0.15, 0.2) is 33.3 Å². The van der Waals surface area contributed by atoms with Gasteiger partial charge < -0.3 is 20.3 Å². The molecule has 1 fully saturated rings. The number of hydrogen-bond acceptors (Lipinski definition) is 5. The van der Waals surface area contributed by atoms with E-state index in [9.17, 15) is 14.7 Å². The summed E-state index contributed by atoms with van der Waals surface area (Å²) < 4.78 is 6.07. The van der Waals surface area contributed by atoms with Crippen LogP contribution in [0.1, 0.15) is 25.1 Å². The fraction of sp³-hybridized carbons (Fsp3) is 0.375. The van der Waals surface area contributed by atoms with E-state index in [4.69, 9.17) is 4.52 Å². The summed E-state index contributed by atoms with van der Waals surface area (Å²) in [4.78, 5) is 27.3. The molecule has 9 heteroatoms. The molecule has 3 rings (SSSR count). The second-order valence-electron chi connectivity index (χ2n) is 6.00. The number of amides is 2. The predicted octanol–water partition coefficient (Wildman–Crippen LogP) is 2.55. The molecule has 0 radical (unpaired) electrons. The van der Waals surface area contributed by atoms with Crippen LogP contribution in [0.5, 0.6) is 0 Å². The van der Waals surface area contributed by atoms with Crippen molar-refractivity contribution in [2.45, 2.75) is 25.8 Å². The monoisotopic (exact) mass is 408 g/mol. The van der Waals surface area contributed by atoms with Crippen molar-refractivity contribution in [3.05, 3.63) is 34.6 Å². The van der Waals surface area contributed by atoms with Gasteiger partial charge >= 0.3 is 12.0 Å². The summed E-state index contributed by atoms with van der Waals surface area (Å²) >= 11 is 3.37. The van der Waals surface area contributed by atoms with E-state index in [1.165, 1.54) is 0 Å². The molecule has 1 aliphatic rings. The maximum atomic E-state index is 11.8. The molecule has 25 heavy (non-hydrogen) atoms. The zero-order chi connectivity index (χ0) is 17.9. The molecule has 2 amide bonds. The lowest BCUT2D eigenvalue weighted by atomic mass is 9.69. The van der Waals surface area contributed by atoms with Crippen LogP contribution in [0.25, 0.3) is 11.5 Å². The Kier molecular flexibility index (Phi) is 5.03. The Morgan fingerprint density at radius 3 is 2.76 bits per heavy atom. The average Bonchev–Trinajstić information content (AvgIpc) is 3.00. The molecule has 1 heterocycles. The number of aromatic nitrogens is 2. The molecule has 2 aromatic rings. The Morgan fingerprint density at radius 1 is 1.32 bits per heavy atom. The summed E-state index contributed by atoms with van der Waals surface area (Å²) in [5.74, 6) is -0.171. The van der Waals surface area contributed by atoms with Crippen LogP contribution in [0.2, 0.25) is 0 Å². The first-order chi connectivity index (χ1) is 12.0. The molecule has 1 aliphatic carbocycles. The molecule has 0 spiro atoms. The summed E-state index contributed by atoms with van der Waals surface area (Å²) in [5.41, 5.74) is -0.0527. The summed E-state index contributed by atoms with van der Waals surface area (Å²) in [6, 6.07) is 6.97. The minimum atomic E-state index is -0.865. The largest absolute Gasteiger partial charge is 0.481 e. The summed E-state index contributed by atoms with van der Waals surface area (Å²) in [6.07, 6.45) is 2.05. The molecule has 1 aromatic heterocycles. The van der Waals surface area contributed by atoms with Gasteiger partial charge in [-0.05, 0) is 31.0 Å². The van der Waals surface area contributed by atoms with E-state index < -0.39 is 17.4 Å². The standard InChI is InChI=1S/C16H17BrN4O4/c17-11-4-1-3-10(7-11)13-20-12(21-25-13)8-18-15(24)19-9-16(14(22)23)5-2-6-16/h1,3-4,7H,2,5-6,8-9H2,(H,22,23)(H2,18,19,24). The Morgan fingerprint density at radius 2 is 2.12 bits per heavy atom. The molecule has 3 N–H and O–H groups in total. The highest BCUT2D eigenvalue weighted by molar-refractivity contribution is 9.10. The van der Waals surface area contributed by atoms with Crippen LogP contribution >= 0.6 is 15.9 Å². The third kappa shape index (κ3) is 3.98. The van der Waals surface area contributed by atoms with Crippen molar-refractivity contribution >= 4 is 27.9 Å². The number of carbonyl (C=O) groups excluding carboxylic acids is 1. The second kappa shape index (κ2) is 7.22. The van der Waals surface area contributed by atoms with Crippen molar-refractivity contribution in [1.82, 2.24) is 20.8 Å². The second-order valence-corrected chi connectivity index (χ2v) is 6.92. The lowest BCUT2D eigenvalue weighted by Crippen LogP contribution is -2.49. The van der Waals surface area contributed by atoms with Crippen molar-refractivity contribution in [3.63, 3.8) is 0 Å². The SMILES string of the molecule is O=C(NCc1noc(-c2cccc(Br)c2)n1)NCC1(C(=O)O)CCC1. The van der Waals surface area contributed by atoms with Crippen LogP contribution in [-0.4, -0.2) is 33.8 Å². The molecule has 132 valence electrons. The third-order valence-electron chi connectivity index (χ3n) is 4.30. The van der Waals surface area contributed by atoms with Crippen molar-refractivity contribution in [3.8, 4) is 11.5 Å². The molecule has 1 aromatic carbocycles. The number of benzene rings is 1. The van der Waals surface area contributed by atoms with Gasteiger partial charge in [0.25, 0.3) is 5.89 Å². The number of nitrogens with one attached hydrogen (secondary N) is 2. The Hall–Kier alpha value is -2.42. The van der Waals surface area contributed by atoms with Gasteiger partial charge in [0.05, 0.1) is 12.0 Å². The average molecular weight is 409 g/mol. The topological polar surface area (TPSA) is 117 Å². The molecular weight excluding hydrogens is 392 g/mol. The van der Waals surface area contributed by atoms with Gasteiger partial charge in [0.1, 0.15) is 0 Å². The van der Waals surface area contributed by atoms with Crippen LogP contribution in [0.4, 0.5) is 4.79 Å². The Labute approximate surface area is 152 Å². The minimum Gasteiger partial charge on any atom is -0.481 e. The first-order valence-electron chi connectivity index (χ1n) is 7.82. The highest BCUT2D eigenvalue weighted by Crippen LogP contribution is 2.40. The van der Waals surface area contributed by atoms with Crippen LogP contribution in [0, 0.1) is 5.41 Å². The van der Waals surface area contributed by atoms with E-state index in [-0.39, 0.29) is 13.1 Å². The molecule has 0 bridgehead atoms. The molecule has 0 unspecified atom stereocenters. The van der Waals surface area contributed by atoms with Gasteiger partial charge in [0, 0.05) is 16.6 Å². The van der Waals surface area contributed by atoms with Gasteiger partial charge in [0.15, 0.2) is 5.82 Å². The zero-order valence-electron chi connectivity index (χ0n) is 13.3. The zero-order valence-corrected chi connectivity index (χ0v) is 14.9. The van der Waals surface area contributed by atoms with E-state index in [1.54, 1.807) is 0 Å². The molecule has 0 saturated heterocycles. The predicted molar refractivity (Wildman–Crippen MR) is 91.6 cm³/mol. The highest BCUT2D eigenvalue weighted by atomic mass is 79.9. The number of carboxylic acids is 1. The Balaban J connectivity index is 1.50. The third-order valence-corrected chi connectivity index (χ3v) is 4.79. The van der Waals surface area contributed by atoms with Crippen molar-refractivity contribution in [2.24, 2.45) is 5.41 Å². The van der Waals surface area contributed by atoms with Crippen molar-refractivity contribution in [2.75, 3.05) is 6.54 Å². The Bertz CT molecular complexity index is 788. The maximum absolute atomic E-state index is 11.8. The van der Waals surface area contributed by atoms with Crippen molar-refractivity contribution < 1.29 is 19.2 Å². The maximum Gasteiger partial charge on any atom is 0.315 e. The lowest BCUT2D eigenvalue weighted by Gasteiger charge is -2.37. The number of halogens is 1. The van der Waals surface area contributed by atoms with Gasteiger partial charge in [-0.3, -0.25) is 4.79 Å². The number of aliphatic carboxylic acids is 1. The highest BCUT2D eigenvalue weighted by Gasteiger charge is 2.44. The number of rotatable bonds is 6. The van der Waals surface area contributed by atoms with Crippen LogP contribution in [0.3, 0.4) is 0 Å². The quantitative estimate of drug-likeness (QED) is 0.675. The van der Waals surface area contributed by atoms with Gasteiger partial charge in [-0.15, -0.1) is 0 Å². The summed E-state index contributed by atoms with van der Waals surface area (Å²) in [6.45, 7) is 0.201. The molecular formula is C16H17BrN4O4. The molecule has 0 atom stereocenters. The number of nitrogens with zero attached hydrogens (tertiary/aromatic N) is 2. The summed E-state index contributed by atoms with van der Waals surface area (Å²) in [5, 5.41) is 18.2. The normalized spacial score (nSPS) is 15.2. The van der Waals surface area contributed by atoms with E-state index in [1.807, 2.05) is 24.3 Å². The first kappa shape index (κ1) is 17.4. The molecule has 1 saturated carbocycles. The minimum absolute atomic E-state index is 0.0867. The first-order valence-corrected chi connectivity index (χ1v) is 8.61. The summed E-state index contributed by atoms with van der Waals surface area (Å²) in [7, 11) is 0. The van der Waals surface area contributed by atoms with Gasteiger partial charge in [-0.25, -0.2) is 4.79 Å². The van der Waals surface area contributed by atoms with Crippen LogP contribution in [-0.2, 0) is 11.3 Å². The molecule has 8 nitrogen and oxygen atoms in total. The fourth-order valence-electron chi connectivity index (χ4n) is 2.61. The van der Waals surface area contributed by atoms with Gasteiger partial charge in [-0.1, -0.05) is 33.6 Å². The fourth-order valence-corrected chi connectivity index (χ4v) is 3.00. The van der Waals surface area contributed by atoms with E-state index in [0.29, 0.717) is 24.6 Å². The number of hydrogen-bond donors (Lipinski definition) is 3. The van der Waals surface area contributed by atoms with E-state index in [2.05, 4.69) is 36.7 Å². The van der Waals surface area contributed by atoms with E-state index in [0.717, 1.165) is 16.5 Å². The molecule has 0 aliphatic heterocycles. The van der Waals surface area contributed by atoms with Crippen LogP contribution < -0.4 is 10.6 Å². The smallest absolute Gasteiger partial charge is 0.315 e. The van der Waals surface area contributed by atoms with Crippen molar-refractivity contribution in [1.29, 1.82) is 0 Å².